The summed E-state index contributed by atoms with van der Waals surface area (Å²) in [7, 11) is 0. The Hall–Kier alpha value is -1.22. The molecule has 1 fully saturated rings. The fraction of sp³-hybridized carbons (Fsp3) is 0.333. The highest BCUT2D eigenvalue weighted by Gasteiger charge is 2.17. The van der Waals surface area contributed by atoms with E-state index >= 15 is 0 Å². The van der Waals surface area contributed by atoms with Crippen molar-refractivity contribution in [3.8, 4) is 11.8 Å². The summed E-state index contributed by atoms with van der Waals surface area (Å²) in [6.45, 7) is 2.10. The van der Waals surface area contributed by atoms with E-state index < -0.39 is 0 Å². The normalized spacial score (nSPS) is 15.1. The molecule has 2 rings (SSSR count). The Kier molecular flexibility index (Phi) is 1.87. The average molecular weight is 156 g/mol. The zero-order chi connectivity index (χ0) is 8.39. The average Bonchev–Trinajstić information content (AvgIpc) is 2.84. The molecule has 0 saturated heterocycles. The number of rotatable bonds is 0. The molecule has 0 nitrogen and oxygen atoms in total. The smallest absolute Gasteiger partial charge is 0.0247 e. The Balaban J connectivity index is 2.18. The third kappa shape index (κ3) is 1.89. The van der Waals surface area contributed by atoms with Crippen LogP contribution in [0.2, 0.25) is 0 Å². The first-order chi connectivity index (χ1) is 5.84. The largest absolute Gasteiger partial charge is 0.0945 e. The van der Waals surface area contributed by atoms with Crippen molar-refractivity contribution >= 4 is 0 Å². The molecule has 1 aromatic rings. The Bertz CT molecular complexity index is 335. The molecule has 0 N–H and O–H groups in total. The second-order valence-corrected chi connectivity index (χ2v) is 3.41. The van der Waals surface area contributed by atoms with Gasteiger partial charge in [-0.2, -0.15) is 0 Å². The maximum Gasteiger partial charge on any atom is 0.0247 e. The standard InChI is InChI=1S/C12H12/c1-10-3-2-4-12(9-10)8-7-11-5-6-11/h2-4,9,11H,5-6H2,1H3. The second kappa shape index (κ2) is 3.03. The summed E-state index contributed by atoms with van der Waals surface area (Å²) < 4.78 is 0. The summed E-state index contributed by atoms with van der Waals surface area (Å²) in [6.07, 6.45) is 2.61. The van der Waals surface area contributed by atoms with Crippen molar-refractivity contribution < 1.29 is 0 Å². The molecule has 60 valence electrons. The minimum Gasteiger partial charge on any atom is -0.0945 e. The van der Waals surface area contributed by atoms with Crippen LogP contribution in [0.15, 0.2) is 24.3 Å². The third-order valence-electron chi connectivity index (χ3n) is 2.02. The van der Waals surface area contributed by atoms with Crippen LogP contribution in [0.5, 0.6) is 0 Å². The molecule has 1 saturated carbocycles. The van der Waals surface area contributed by atoms with Gasteiger partial charge >= 0.3 is 0 Å². The predicted molar refractivity (Wildman–Crippen MR) is 50.8 cm³/mol. The van der Waals surface area contributed by atoms with Crippen LogP contribution >= 0.6 is 0 Å². The van der Waals surface area contributed by atoms with Crippen molar-refractivity contribution in [2.24, 2.45) is 5.92 Å². The quantitative estimate of drug-likeness (QED) is 0.507. The molecular formula is C12H12. The van der Waals surface area contributed by atoms with Crippen LogP contribution < -0.4 is 0 Å². The SMILES string of the molecule is Cc1cccc(C#CC2CC2)c1. The summed E-state index contributed by atoms with van der Waals surface area (Å²) in [5, 5.41) is 0. The number of hydrogen-bond acceptors (Lipinski definition) is 0. The zero-order valence-corrected chi connectivity index (χ0v) is 7.30. The van der Waals surface area contributed by atoms with Gasteiger partial charge in [0.25, 0.3) is 0 Å². The van der Waals surface area contributed by atoms with Gasteiger partial charge in [0.05, 0.1) is 0 Å². The van der Waals surface area contributed by atoms with E-state index in [1.54, 1.807) is 0 Å². The van der Waals surface area contributed by atoms with Gasteiger partial charge in [0.1, 0.15) is 0 Å². The van der Waals surface area contributed by atoms with Gasteiger partial charge in [-0.05, 0) is 37.5 Å². The molecule has 12 heavy (non-hydrogen) atoms. The first-order valence-corrected chi connectivity index (χ1v) is 4.43. The zero-order valence-electron chi connectivity index (χ0n) is 7.30. The summed E-state index contributed by atoms with van der Waals surface area (Å²) in [5.41, 5.74) is 2.44. The van der Waals surface area contributed by atoms with E-state index in [2.05, 4.69) is 43.0 Å². The Labute approximate surface area is 73.6 Å². The molecule has 1 aromatic carbocycles. The minimum absolute atomic E-state index is 0.700. The van der Waals surface area contributed by atoms with Crippen molar-refractivity contribution in [2.75, 3.05) is 0 Å². The Morgan fingerprint density at radius 3 is 2.83 bits per heavy atom. The maximum atomic E-state index is 3.25. The summed E-state index contributed by atoms with van der Waals surface area (Å²) in [6, 6.07) is 8.37. The summed E-state index contributed by atoms with van der Waals surface area (Å²) in [5.74, 6) is 7.15. The lowest BCUT2D eigenvalue weighted by atomic mass is 10.1. The molecule has 0 unspecified atom stereocenters. The Morgan fingerprint density at radius 1 is 1.33 bits per heavy atom. The fourth-order valence-corrected chi connectivity index (χ4v) is 1.14. The molecule has 0 aliphatic heterocycles. The van der Waals surface area contributed by atoms with Crippen LogP contribution in [-0.4, -0.2) is 0 Å². The summed E-state index contributed by atoms with van der Waals surface area (Å²) in [4.78, 5) is 0. The van der Waals surface area contributed by atoms with E-state index in [4.69, 9.17) is 0 Å². The number of hydrogen-bond donors (Lipinski definition) is 0. The van der Waals surface area contributed by atoms with E-state index in [-0.39, 0.29) is 0 Å². The van der Waals surface area contributed by atoms with Gasteiger partial charge in [-0.15, -0.1) is 0 Å². The van der Waals surface area contributed by atoms with Crippen molar-refractivity contribution in [3.05, 3.63) is 35.4 Å². The van der Waals surface area contributed by atoms with Crippen LogP contribution in [0.4, 0.5) is 0 Å². The third-order valence-corrected chi connectivity index (χ3v) is 2.02. The molecule has 0 heteroatoms. The van der Waals surface area contributed by atoms with Crippen LogP contribution in [0.25, 0.3) is 0 Å². The molecule has 0 bridgehead atoms. The van der Waals surface area contributed by atoms with Gasteiger partial charge in [0.2, 0.25) is 0 Å². The fourth-order valence-electron chi connectivity index (χ4n) is 1.14. The van der Waals surface area contributed by atoms with Crippen LogP contribution in [0.1, 0.15) is 24.0 Å². The van der Waals surface area contributed by atoms with Gasteiger partial charge in [-0.3, -0.25) is 0 Å². The predicted octanol–water partition coefficient (Wildman–Crippen LogP) is 2.76. The van der Waals surface area contributed by atoms with Crippen molar-refractivity contribution in [1.29, 1.82) is 0 Å². The second-order valence-electron chi connectivity index (χ2n) is 3.41. The molecule has 1 aliphatic rings. The maximum absolute atomic E-state index is 3.25. The van der Waals surface area contributed by atoms with E-state index in [0.717, 1.165) is 5.56 Å². The van der Waals surface area contributed by atoms with Crippen LogP contribution in [0, 0.1) is 24.7 Å². The summed E-state index contributed by atoms with van der Waals surface area (Å²) >= 11 is 0. The van der Waals surface area contributed by atoms with Gasteiger partial charge in [-0.25, -0.2) is 0 Å². The minimum atomic E-state index is 0.700. The van der Waals surface area contributed by atoms with E-state index in [9.17, 15) is 0 Å². The number of aryl methyl sites for hydroxylation is 1. The van der Waals surface area contributed by atoms with Gasteiger partial charge < -0.3 is 0 Å². The molecule has 0 radical (unpaired) electrons. The van der Waals surface area contributed by atoms with Crippen LogP contribution in [-0.2, 0) is 0 Å². The van der Waals surface area contributed by atoms with Gasteiger partial charge in [0.15, 0.2) is 0 Å². The molecule has 0 heterocycles. The lowest BCUT2D eigenvalue weighted by molar-refractivity contribution is 1.18. The topological polar surface area (TPSA) is 0 Å². The lowest BCUT2D eigenvalue weighted by Crippen LogP contribution is -1.76. The molecule has 0 aromatic heterocycles. The first kappa shape index (κ1) is 7.43. The molecule has 0 spiro atoms. The highest BCUT2D eigenvalue weighted by Crippen LogP contribution is 2.27. The first-order valence-electron chi connectivity index (χ1n) is 4.43. The monoisotopic (exact) mass is 156 g/mol. The van der Waals surface area contributed by atoms with E-state index in [1.165, 1.54) is 18.4 Å². The molecular weight excluding hydrogens is 144 g/mol. The molecule has 1 aliphatic carbocycles. The van der Waals surface area contributed by atoms with Crippen molar-refractivity contribution in [1.82, 2.24) is 0 Å². The van der Waals surface area contributed by atoms with Gasteiger partial charge in [-0.1, -0.05) is 24.0 Å². The highest BCUT2D eigenvalue weighted by molar-refractivity contribution is 5.37. The number of benzene rings is 1. The Morgan fingerprint density at radius 2 is 2.17 bits per heavy atom. The highest BCUT2D eigenvalue weighted by atomic mass is 14.2. The van der Waals surface area contributed by atoms with Crippen LogP contribution in [0.3, 0.4) is 0 Å². The molecule has 0 amide bonds. The molecule has 0 atom stereocenters. The van der Waals surface area contributed by atoms with Crippen molar-refractivity contribution in [3.63, 3.8) is 0 Å². The van der Waals surface area contributed by atoms with E-state index in [1.807, 2.05) is 0 Å². The lowest BCUT2D eigenvalue weighted by Gasteiger charge is -1.91. The van der Waals surface area contributed by atoms with E-state index in [0.29, 0.717) is 5.92 Å². The van der Waals surface area contributed by atoms with Crippen molar-refractivity contribution in [2.45, 2.75) is 19.8 Å². The van der Waals surface area contributed by atoms with Gasteiger partial charge in [0, 0.05) is 11.5 Å².